The van der Waals surface area contributed by atoms with Crippen molar-refractivity contribution in [2.75, 3.05) is 0 Å². The van der Waals surface area contributed by atoms with Crippen LogP contribution in [0, 0.1) is 5.41 Å². The summed E-state index contributed by atoms with van der Waals surface area (Å²) in [4.78, 5) is 0. The maximum atomic E-state index is 10.00. The number of halogens is 1. The minimum absolute atomic E-state index is 0. The first kappa shape index (κ1) is 17.0. The predicted octanol–water partition coefficient (Wildman–Crippen LogP) is 2.32. The van der Waals surface area contributed by atoms with Crippen LogP contribution in [0.5, 0.6) is 11.5 Å². The molecule has 0 saturated carbocycles. The van der Waals surface area contributed by atoms with Crippen molar-refractivity contribution in [3.63, 3.8) is 0 Å². The van der Waals surface area contributed by atoms with E-state index in [-0.39, 0.29) is 35.4 Å². The van der Waals surface area contributed by atoms with Crippen LogP contribution in [0.4, 0.5) is 0 Å². The Balaban J connectivity index is 0.00000289. The standard InChI is InChI=1S/C13H21NO3.ClH/c1-13(2,3)12(14)7-10(16)8-4-5-9(15)11(17)6-8;/h4-6,10,12,15-17H,7,14H2,1-3H3;1H/t10-,12-;/m0./s1. The topological polar surface area (TPSA) is 86.7 Å². The lowest BCUT2D eigenvalue weighted by molar-refractivity contribution is 0.133. The van der Waals surface area contributed by atoms with E-state index in [9.17, 15) is 15.3 Å². The molecule has 104 valence electrons. The summed E-state index contributed by atoms with van der Waals surface area (Å²) in [5.41, 5.74) is 6.46. The second-order valence-corrected chi connectivity index (χ2v) is 5.47. The summed E-state index contributed by atoms with van der Waals surface area (Å²) in [6, 6.07) is 4.15. The van der Waals surface area contributed by atoms with Gasteiger partial charge in [-0.1, -0.05) is 26.8 Å². The zero-order valence-electron chi connectivity index (χ0n) is 10.9. The Hall–Kier alpha value is -0.970. The first-order valence-corrected chi connectivity index (χ1v) is 5.67. The fourth-order valence-corrected chi connectivity index (χ4v) is 1.48. The molecule has 0 saturated heterocycles. The van der Waals surface area contributed by atoms with Crippen LogP contribution >= 0.6 is 12.4 Å². The third-order valence-corrected chi connectivity index (χ3v) is 2.97. The monoisotopic (exact) mass is 275 g/mol. The Labute approximate surface area is 114 Å². The zero-order valence-corrected chi connectivity index (χ0v) is 11.7. The molecule has 0 spiro atoms. The van der Waals surface area contributed by atoms with Gasteiger partial charge in [-0.3, -0.25) is 0 Å². The molecule has 0 aromatic heterocycles. The van der Waals surface area contributed by atoms with Gasteiger partial charge in [0.05, 0.1) is 6.10 Å². The second-order valence-electron chi connectivity index (χ2n) is 5.47. The van der Waals surface area contributed by atoms with Crippen molar-refractivity contribution in [1.82, 2.24) is 0 Å². The highest BCUT2D eigenvalue weighted by molar-refractivity contribution is 5.85. The molecule has 1 aromatic rings. The molecular weight excluding hydrogens is 254 g/mol. The Morgan fingerprint density at radius 3 is 2.17 bits per heavy atom. The van der Waals surface area contributed by atoms with Gasteiger partial charge in [-0.15, -0.1) is 12.4 Å². The van der Waals surface area contributed by atoms with Gasteiger partial charge in [-0.25, -0.2) is 0 Å². The molecule has 0 bridgehead atoms. The molecule has 5 heteroatoms. The Morgan fingerprint density at radius 2 is 1.72 bits per heavy atom. The fraction of sp³-hybridized carbons (Fsp3) is 0.538. The molecule has 0 aliphatic carbocycles. The fourth-order valence-electron chi connectivity index (χ4n) is 1.48. The number of benzene rings is 1. The van der Waals surface area contributed by atoms with Gasteiger partial charge >= 0.3 is 0 Å². The molecule has 0 radical (unpaired) electrons. The van der Waals surface area contributed by atoms with E-state index in [0.29, 0.717) is 12.0 Å². The number of aliphatic hydroxyl groups excluding tert-OH is 1. The number of aromatic hydroxyl groups is 2. The van der Waals surface area contributed by atoms with E-state index in [4.69, 9.17) is 5.73 Å². The van der Waals surface area contributed by atoms with E-state index in [2.05, 4.69) is 0 Å². The summed E-state index contributed by atoms with van der Waals surface area (Å²) in [6.45, 7) is 6.04. The van der Waals surface area contributed by atoms with Gasteiger partial charge in [0, 0.05) is 6.04 Å². The number of phenolic OH excluding ortho intramolecular Hbond substituents is 2. The lowest BCUT2D eigenvalue weighted by atomic mass is 9.83. The van der Waals surface area contributed by atoms with Crippen LogP contribution in [-0.2, 0) is 0 Å². The summed E-state index contributed by atoms with van der Waals surface area (Å²) in [6.07, 6.45) is -0.330. The highest BCUT2D eigenvalue weighted by atomic mass is 35.5. The van der Waals surface area contributed by atoms with Crippen molar-refractivity contribution < 1.29 is 15.3 Å². The Kier molecular flexibility index (Phi) is 5.93. The van der Waals surface area contributed by atoms with Crippen LogP contribution in [0.3, 0.4) is 0 Å². The second kappa shape index (κ2) is 6.27. The minimum Gasteiger partial charge on any atom is -0.504 e. The van der Waals surface area contributed by atoms with Crippen molar-refractivity contribution in [3.05, 3.63) is 23.8 Å². The molecular formula is C13H22ClNO3. The Morgan fingerprint density at radius 1 is 1.17 bits per heavy atom. The molecule has 18 heavy (non-hydrogen) atoms. The van der Waals surface area contributed by atoms with E-state index in [1.54, 1.807) is 6.07 Å². The van der Waals surface area contributed by atoms with Crippen molar-refractivity contribution in [1.29, 1.82) is 0 Å². The van der Waals surface area contributed by atoms with Gasteiger partial charge in [0.1, 0.15) is 0 Å². The van der Waals surface area contributed by atoms with Gasteiger partial charge in [0.2, 0.25) is 0 Å². The average Bonchev–Trinajstić information content (AvgIpc) is 2.20. The highest BCUT2D eigenvalue weighted by Gasteiger charge is 2.24. The molecule has 0 fully saturated rings. The summed E-state index contributed by atoms with van der Waals surface area (Å²) < 4.78 is 0. The number of phenols is 2. The third kappa shape index (κ3) is 4.37. The van der Waals surface area contributed by atoms with Gasteiger partial charge in [0.15, 0.2) is 11.5 Å². The van der Waals surface area contributed by atoms with E-state index in [1.165, 1.54) is 12.1 Å². The number of hydrogen-bond donors (Lipinski definition) is 4. The lowest BCUT2D eigenvalue weighted by Crippen LogP contribution is -2.36. The number of nitrogens with two attached hydrogens (primary N) is 1. The summed E-state index contributed by atoms with van der Waals surface area (Å²) in [7, 11) is 0. The van der Waals surface area contributed by atoms with Crippen LogP contribution in [0.1, 0.15) is 38.9 Å². The first-order chi connectivity index (χ1) is 7.71. The smallest absolute Gasteiger partial charge is 0.157 e. The van der Waals surface area contributed by atoms with Gasteiger partial charge in [-0.2, -0.15) is 0 Å². The van der Waals surface area contributed by atoms with Crippen molar-refractivity contribution >= 4 is 12.4 Å². The average molecular weight is 276 g/mol. The van der Waals surface area contributed by atoms with Gasteiger partial charge in [0.25, 0.3) is 0 Å². The van der Waals surface area contributed by atoms with Crippen LogP contribution < -0.4 is 5.73 Å². The number of hydrogen-bond acceptors (Lipinski definition) is 4. The Bertz CT molecular complexity index is 390. The normalized spacial score (nSPS) is 14.7. The quantitative estimate of drug-likeness (QED) is 0.638. The molecule has 1 aromatic carbocycles. The highest BCUT2D eigenvalue weighted by Crippen LogP contribution is 2.31. The van der Waals surface area contributed by atoms with E-state index < -0.39 is 6.10 Å². The SMILES string of the molecule is CC(C)(C)[C@@H](N)C[C@H](O)c1ccc(O)c(O)c1.Cl. The number of rotatable bonds is 3. The molecule has 0 aliphatic rings. The molecule has 4 nitrogen and oxygen atoms in total. The molecule has 0 aliphatic heterocycles. The van der Waals surface area contributed by atoms with Crippen LogP contribution in [0.2, 0.25) is 0 Å². The van der Waals surface area contributed by atoms with Crippen molar-refractivity contribution in [2.45, 2.75) is 39.3 Å². The molecule has 0 unspecified atom stereocenters. The molecule has 0 amide bonds. The van der Waals surface area contributed by atoms with Crippen molar-refractivity contribution in [3.8, 4) is 11.5 Å². The van der Waals surface area contributed by atoms with Crippen molar-refractivity contribution in [2.24, 2.45) is 11.1 Å². The van der Waals surface area contributed by atoms with E-state index in [0.717, 1.165) is 0 Å². The predicted molar refractivity (Wildman–Crippen MR) is 74.0 cm³/mol. The first-order valence-electron chi connectivity index (χ1n) is 5.67. The zero-order chi connectivity index (χ0) is 13.2. The summed E-state index contributed by atoms with van der Waals surface area (Å²) in [5.74, 6) is -0.424. The van der Waals surface area contributed by atoms with Crippen LogP contribution in [-0.4, -0.2) is 21.4 Å². The molecule has 2 atom stereocenters. The van der Waals surface area contributed by atoms with E-state index in [1.807, 2.05) is 20.8 Å². The van der Waals surface area contributed by atoms with Crippen LogP contribution in [0.25, 0.3) is 0 Å². The van der Waals surface area contributed by atoms with Gasteiger partial charge < -0.3 is 21.1 Å². The maximum absolute atomic E-state index is 10.00. The molecule has 0 heterocycles. The molecule has 5 N–H and O–H groups in total. The summed E-state index contributed by atoms with van der Waals surface area (Å²) >= 11 is 0. The van der Waals surface area contributed by atoms with Gasteiger partial charge in [-0.05, 0) is 29.5 Å². The lowest BCUT2D eigenvalue weighted by Gasteiger charge is -2.29. The number of aliphatic hydroxyl groups is 1. The van der Waals surface area contributed by atoms with E-state index >= 15 is 0 Å². The van der Waals surface area contributed by atoms with Crippen LogP contribution in [0.15, 0.2) is 18.2 Å². The molecule has 1 rings (SSSR count). The minimum atomic E-state index is -0.740. The third-order valence-electron chi connectivity index (χ3n) is 2.97. The largest absolute Gasteiger partial charge is 0.504 e. The summed E-state index contributed by atoms with van der Waals surface area (Å²) in [5, 5.41) is 28.5. The maximum Gasteiger partial charge on any atom is 0.157 e.